The summed E-state index contributed by atoms with van der Waals surface area (Å²) < 4.78 is 30.0. The molecule has 2 aromatic rings. The van der Waals surface area contributed by atoms with Crippen LogP contribution in [0.25, 0.3) is 10.8 Å². The highest BCUT2D eigenvalue weighted by Crippen LogP contribution is 2.20. The highest BCUT2D eigenvalue weighted by atomic mass is 32.2. The predicted octanol–water partition coefficient (Wildman–Crippen LogP) is 1.91. The Hall–Kier alpha value is -1.92. The van der Waals surface area contributed by atoms with Crippen LogP contribution in [0.15, 0.2) is 42.5 Å². The molecule has 1 aliphatic rings. The van der Waals surface area contributed by atoms with E-state index < -0.39 is 21.5 Å². The molecule has 128 valence electrons. The van der Waals surface area contributed by atoms with E-state index in [4.69, 9.17) is 4.74 Å². The van der Waals surface area contributed by atoms with Gasteiger partial charge in [-0.3, -0.25) is 4.79 Å². The van der Waals surface area contributed by atoms with Crippen LogP contribution in [0.1, 0.15) is 12.0 Å². The normalized spacial score (nSPS) is 17.9. The second-order valence-electron chi connectivity index (χ2n) is 6.20. The first-order valence-electron chi connectivity index (χ1n) is 8.05. The third kappa shape index (κ3) is 4.33. The van der Waals surface area contributed by atoms with Gasteiger partial charge in [-0.2, -0.15) is 0 Å². The van der Waals surface area contributed by atoms with Crippen molar-refractivity contribution < 1.29 is 17.9 Å². The third-order valence-corrected chi connectivity index (χ3v) is 5.67. The summed E-state index contributed by atoms with van der Waals surface area (Å²) in [7, 11) is -3.51. The standard InChI is InChI=1S/C18H21NO4S/c20-18(19-10-14-8-9-23-11-14)13-24(21,22)12-16-6-3-5-15-4-1-2-7-17(15)16/h1-7,14H,8-13H2,(H,19,20). The lowest BCUT2D eigenvalue weighted by Gasteiger charge is -2.11. The van der Waals surface area contributed by atoms with Gasteiger partial charge < -0.3 is 10.1 Å². The summed E-state index contributed by atoms with van der Waals surface area (Å²) in [6, 6.07) is 13.2. The summed E-state index contributed by atoms with van der Waals surface area (Å²) >= 11 is 0. The summed E-state index contributed by atoms with van der Waals surface area (Å²) in [4.78, 5) is 11.9. The van der Waals surface area contributed by atoms with Gasteiger partial charge in [0.05, 0.1) is 12.4 Å². The first-order valence-corrected chi connectivity index (χ1v) is 9.87. The summed E-state index contributed by atoms with van der Waals surface area (Å²) in [5, 5.41) is 4.61. The molecular weight excluding hydrogens is 326 g/mol. The fraction of sp³-hybridized carbons (Fsp3) is 0.389. The van der Waals surface area contributed by atoms with Crippen LogP contribution < -0.4 is 5.32 Å². The molecule has 2 aromatic carbocycles. The highest BCUT2D eigenvalue weighted by Gasteiger charge is 2.21. The number of fused-ring (bicyclic) bond motifs is 1. The Morgan fingerprint density at radius 2 is 1.96 bits per heavy atom. The van der Waals surface area contributed by atoms with Crippen molar-refractivity contribution in [1.29, 1.82) is 0 Å². The van der Waals surface area contributed by atoms with Crippen LogP contribution in [-0.2, 0) is 25.1 Å². The van der Waals surface area contributed by atoms with Gasteiger partial charge >= 0.3 is 0 Å². The van der Waals surface area contributed by atoms with Crippen LogP contribution in [0, 0.1) is 5.92 Å². The van der Waals surface area contributed by atoms with Crippen molar-refractivity contribution in [3.8, 4) is 0 Å². The van der Waals surface area contributed by atoms with Gasteiger partial charge in [0.2, 0.25) is 5.91 Å². The molecular formula is C18H21NO4S. The molecule has 1 N–H and O–H groups in total. The molecule has 0 bridgehead atoms. The maximum Gasteiger partial charge on any atom is 0.235 e. The summed E-state index contributed by atoms with van der Waals surface area (Å²) in [6.07, 6.45) is 0.906. The van der Waals surface area contributed by atoms with E-state index >= 15 is 0 Å². The molecule has 0 spiro atoms. The van der Waals surface area contributed by atoms with E-state index in [0.717, 1.165) is 22.8 Å². The Balaban J connectivity index is 1.63. The van der Waals surface area contributed by atoms with Crippen LogP contribution in [0.4, 0.5) is 0 Å². The quantitative estimate of drug-likeness (QED) is 0.866. The number of nitrogens with one attached hydrogen (secondary N) is 1. The number of ether oxygens (including phenoxy) is 1. The maximum absolute atomic E-state index is 12.4. The van der Waals surface area contributed by atoms with Crippen LogP contribution in [-0.4, -0.2) is 39.8 Å². The zero-order valence-corrected chi connectivity index (χ0v) is 14.2. The van der Waals surface area contributed by atoms with Crippen molar-refractivity contribution in [1.82, 2.24) is 5.32 Å². The highest BCUT2D eigenvalue weighted by molar-refractivity contribution is 7.91. The molecule has 1 fully saturated rings. The van der Waals surface area contributed by atoms with Gasteiger partial charge in [-0.1, -0.05) is 42.5 Å². The van der Waals surface area contributed by atoms with E-state index in [0.29, 0.717) is 19.8 Å². The van der Waals surface area contributed by atoms with E-state index in [1.807, 2.05) is 36.4 Å². The largest absolute Gasteiger partial charge is 0.381 e. The molecule has 1 aliphatic heterocycles. The molecule has 3 rings (SSSR count). The average molecular weight is 347 g/mol. The molecule has 1 amide bonds. The van der Waals surface area contributed by atoms with Crippen molar-refractivity contribution >= 4 is 26.5 Å². The van der Waals surface area contributed by atoms with Crippen molar-refractivity contribution in [2.24, 2.45) is 5.92 Å². The number of benzene rings is 2. The number of carbonyl (C=O) groups excluding carboxylic acids is 1. The van der Waals surface area contributed by atoms with Crippen molar-refractivity contribution in [3.63, 3.8) is 0 Å². The van der Waals surface area contributed by atoms with Gasteiger partial charge in [0.1, 0.15) is 5.75 Å². The van der Waals surface area contributed by atoms with E-state index in [1.165, 1.54) is 0 Å². The molecule has 0 aliphatic carbocycles. The van der Waals surface area contributed by atoms with Crippen LogP contribution in [0.5, 0.6) is 0 Å². The van der Waals surface area contributed by atoms with Crippen molar-refractivity contribution in [2.45, 2.75) is 12.2 Å². The third-order valence-electron chi connectivity index (χ3n) is 4.22. The second kappa shape index (κ2) is 7.32. The zero-order chi connectivity index (χ0) is 17.0. The van der Waals surface area contributed by atoms with Crippen LogP contribution >= 0.6 is 0 Å². The lowest BCUT2D eigenvalue weighted by Crippen LogP contribution is -2.34. The first-order chi connectivity index (χ1) is 11.5. The monoisotopic (exact) mass is 347 g/mol. The Kier molecular flexibility index (Phi) is 5.16. The number of rotatable bonds is 6. The average Bonchev–Trinajstić information content (AvgIpc) is 3.06. The van der Waals surface area contributed by atoms with Crippen LogP contribution in [0.3, 0.4) is 0 Å². The van der Waals surface area contributed by atoms with Crippen molar-refractivity contribution in [2.75, 3.05) is 25.5 Å². The molecule has 0 radical (unpaired) electrons. The summed E-state index contributed by atoms with van der Waals surface area (Å²) in [6.45, 7) is 1.81. The zero-order valence-electron chi connectivity index (χ0n) is 13.4. The molecule has 1 heterocycles. The number of hydrogen-bond acceptors (Lipinski definition) is 4. The van der Waals surface area contributed by atoms with E-state index in [-0.39, 0.29) is 11.7 Å². The van der Waals surface area contributed by atoms with Gasteiger partial charge in [-0.15, -0.1) is 0 Å². The van der Waals surface area contributed by atoms with E-state index in [1.54, 1.807) is 6.07 Å². The Morgan fingerprint density at radius 1 is 1.17 bits per heavy atom. The SMILES string of the molecule is O=C(CS(=O)(=O)Cc1cccc2ccccc12)NCC1CCOC1. The molecule has 1 saturated heterocycles. The Bertz CT molecular complexity index is 821. The molecule has 24 heavy (non-hydrogen) atoms. The van der Waals surface area contributed by atoms with E-state index in [9.17, 15) is 13.2 Å². The molecule has 0 saturated carbocycles. The number of sulfone groups is 1. The van der Waals surface area contributed by atoms with E-state index in [2.05, 4.69) is 5.32 Å². The number of amides is 1. The number of carbonyl (C=O) groups is 1. The number of hydrogen-bond donors (Lipinski definition) is 1. The summed E-state index contributed by atoms with van der Waals surface area (Å²) in [5.74, 6) is -0.769. The topological polar surface area (TPSA) is 72.5 Å². The molecule has 0 aromatic heterocycles. The maximum atomic E-state index is 12.4. The first kappa shape index (κ1) is 16.9. The predicted molar refractivity (Wildman–Crippen MR) is 93.4 cm³/mol. The Labute approximate surface area is 141 Å². The van der Waals surface area contributed by atoms with Gasteiger partial charge in [-0.05, 0) is 22.8 Å². The molecule has 6 heteroatoms. The van der Waals surface area contributed by atoms with Gasteiger partial charge in [0, 0.05) is 19.1 Å². The minimum atomic E-state index is -3.51. The fourth-order valence-corrected chi connectivity index (χ4v) is 4.29. The minimum Gasteiger partial charge on any atom is -0.381 e. The molecule has 1 atom stereocenters. The Morgan fingerprint density at radius 3 is 2.75 bits per heavy atom. The van der Waals surface area contributed by atoms with Gasteiger partial charge in [0.15, 0.2) is 9.84 Å². The van der Waals surface area contributed by atoms with Gasteiger partial charge in [0.25, 0.3) is 0 Å². The minimum absolute atomic E-state index is 0.131. The van der Waals surface area contributed by atoms with Gasteiger partial charge in [-0.25, -0.2) is 8.42 Å². The second-order valence-corrected chi connectivity index (χ2v) is 8.27. The lowest BCUT2D eigenvalue weighted by molar-refractivity contribution is -0.118. The molecule has 1 unspecified atom stereocenters. The summed E-state index contributed by atoms with van der Waals surface area (Å²) in [5.41, 5.74) is 0.727. The van der Waals surface area contributed by atoms with Crippen LogP contribution in [0.2, 0.25) is 0 Å². The van der Waals surface area contributed by atoms with Crippen molar-refractivity contribution in [3.05, 3.63) is 48.0 Å². The smallest absolute Gasteiger partial charge is 0.235 e. The molecule has 5 nitrogen and oxygen atoms in total. The fourth-order valence-electron chi connectivity index (χ4n) is 2.96. The lowest BCUT2D eigenvalue weighted by atomic mass is 10.1.